The van der Waals surface area contributed by atoms with E-state index < -0.39 is 0 Å². The molecule has 0 spiro atoms. The molecule has 136 valence electrons. The highest BCUT2D eigenvalue weighted by Gasteiger charge is 2.12. The molecule has 1 amide bonds. The number of nitrogens with one attached hydrogen (secondary N) is 2. The van der Waals surface area contributed by atoms with Gasteiger partial charge in [-0.25, -0.2) is 0 Å². The molecule has 2 heterocycles. The summed E-state index contributed by atoms with van der Waals surface area (Å²) in [6.45, 7) is 2.38. The molecule has 2 aromatic heterocycles. The molecule has 0 atom stereocenters. The van der Waals surface area contributed by atoms with Crippen LogP contribution >= 0.6 is 0 Å². The molecule has 27 heavy (non-hydrogen) atoms. The lowest BCUT2D eigenvalue weighted by Crippen LogP contribution is -2.14. The first-order valence-corrected chi connectivity index (χ1v) is 8.70. The van der Waals surface area contributed by atoms with Crippen molar-refractivity contribution in [2.45, 2.75) is 13.5 Å². The molecular weight excluding hydrogens is 340 g/mol. The second kappa shape index (κ2) is 6.99. The smallest absolute Gasteiger partial charge is 0.273 e. The van der Waals surface area contributed by atoms with Gasteiger partial charge in [-0.1, -0.05) is 30.3 Å². The largest absolute Gasteiger partial charge is 0.489 e. The van der Waals surface area contributed by atoms with E-state index in [9.17, 15) is 4.79 Å². The maximum Gasteiger partial charge on any atom is 0.273 e. The number of ether oxygens (including phenoxy) is 1. The van der Waals surface area contributed by atoms with Crippen LogP contribution < -0.4 is 10.1 Å². The molecule has 4 aromatic rings. The fraction of sp³-hybridized carbons (Fsp3) is 0.143. The predicted molar refractivity (Wildman–Crippen MR) is 105 cm³/mol. The number of fused-ring (bicyclic) bond motifs is 1. The Morgan fingerprint density at radius 2 is 1.96 bits per heavy atom. The first kappa shape index (κ1) is 16.9. The SMILES string of the molecule is Cc1cc(NC(=O)c2cc3ccc(OCc4ccccc4)cc3[nH]2)n(C)n1. The number of carbonyl (C=O) groups is 1. The first-order valence-electron chi connectivity index (χ1n) is 8.70. The lowest BCUT2D eigenvalue weighted by Gasteiger charge is -2.06. The first-order chi connectivity index (χ1) is 13.1. The van der Waals surface area contributed by atoms with Crippen LogP contribution in [0.3, 0.4) is 0 Å². The van der Waals surface area contributed by atoms with E-state index in [1.165, 1.54) is 0 Å². The minimum atomic E-state index is -0.207. The van der Waals surface area contributed by atoms with Crippen molar-refractivity contribution in [2.75, 3.05) is 5.32 Å². The Kier molecular flexibility index (Phi) is 4.38. The average molecular weight is 360 g/mol. The lowest BCUT2D eigenvalue weighted by molar-refractivity contribution is 0.102. The third-order valence-corrected chi connectivity index (χ3v) is 4.33. The van der Waals surface area contributed by atoms with Crippen LogP contribution in [0, 0.1) is 6.92 Å². The molecule has 6 nitrogen and oxygen atoms in total. The molecule has 0 saturated heterocycles. The van der Waals surface area contributed by atoms with E-state index in [1.807, 2.05) is 67.6 Å². The molecule has 0 radical (unpaired) electrons. The normalized spacial score (nSPS) is 10.9. The van der Waals surface area contributed by atoms with Gasteiger partial charge < -0.3 is 15.0 Å². The van der Waals surface area contributed by atoms with Gasteiger partial charge in [-0.05, 0) is 30.7 Å². The quantitative estimate of drug-likeness (QED) is 0.564. The number of aromatic nitrogens is 3. The van der Waals surface area contributed by atoms with Crippen LogP contribution in [0.4, 0.5) is 5.82 Å². The molecule has 2 aromatic carbocycles. The van der Waals surface area contributed by atoms with E-state index in [1.54, 1.807) is 11.7 Å². The van der Waals surface area contributed by atoms with Crippen LogP contribution in [-0.2, 0) is 13.7 Å². The summed E-state index contributed by atoms with van der Waals surface area (Å²) in [7, 11) is 1.80. The molecule has 0 saturated carbocycles. The fourth-order valence-electron chi connectivity index (χ4n) is 2.97. The Bertz CT molecular complexity index is 1100. The summed E-state index contributed by atoms with van der Waals surface area (Å²) < 4.78 is 7.50. The number of benzene rings is 2. The second-order valence-electron chi connectivity index (χ2n) is 6.46. The highest BCUT2D eigenvalue weighted by molar-refractivity contribution is 6.05. The van der Waals surface area contributed by atoms with Crippen molar-refractivity contribution in [3.63, 3.8) is 0 Å². The molecule has 2 N–H and O–H groups in total. The Balaban J connectivity index is 1.50. The molecule has 6 heteroatoms. The number of rotatable bonds is 5. The van der Waals surface area contributed by atoms with Crippen LogP contribution in [0.15, 0.2) is 60.7 Å². The molecular formula is C21H20N4O2. The number of carbonyl (C=O) groups excluding carboxylic acids is 1. The zero-order valence-electron chi connectivity index (χ0n) is 15.2. The van der Waals surface area contributed by atoms with Crippen LogP contribution in [0.5, 0.6) is 5.75 Å². The van der Waals surface area contributed by atoms with Gasteiger partial charge in [0.2, 0.25) is 0 Å². The number of H-pyrrole nitrogens is 1. The summed E-state index contributed by atoms with van der Waals surface area (Å²) in [5, 5.41) is 8.05. The molecule has 0 aliphatic rings. The standard InChI is InChI=1S/C21H20N4O2/c1-14-10-20(25(2)24-14)23-21(26)19-11-16-8-9-17(12-18(16)22-19)27-13-15-6-4-3-5-7-15/h3-12,22H,13H2,1-2H3,(H,23,26). The van der Waals surface area contributed by atoms with Crippen molar-refractivity contribution in [1.82, 2.24) is 14.8 Å². The van der Waals surface area contributed by atoms with Gasteiger partial charge in [0.15, 0.2) is 0 Å². The third kappa shape index (κ3) is 3.69. The van der Waals surface area contributed by atoms with Crippen LogP contribution in [0.25, 0.3) is 10.9 Å². The van der Waals surface area contributed by atoms with E-state index in [0.29, 0.717) is 18.1 Å². The van der Waals surface area contributed by atoms with Gasteiger partial charge in [-0.15, -0.1) is 0 Å². The van der Waals surface area contributed by atoms with Gasteiger partial charge in [-0.2, -0.15) is 5.10 Å². The maximum absolute atomic E-state index is 12.5. The van der Waals surface area contributed by atoms with Gasteiger partial charge in [0, 0.05) is 30.1 Å². The Hall–Kier alpha value is -3.54. The van der Waals surface area contributed by atoms with Crippen molar-refractivity contribution in [2.24, 2.45) is 7.05 Å². The molecule has 0 unspecified atom stereocenters. The number of aromatic amines is 1. The van der Waals surface area contributed by atoms with Gasteiger partial charge in [0.25, 0.3) is 5.91 Å². The minimum Gasteiger partial charge on any atom is -0.489 e. The lowest BCUT2D eigenvalue weighted by atomic mass is 10.2. The number of hydrogen-bond acceptors (Lipinski definition) is 3. The summed E-state index contributed by atoms with van der Waals surface area (Å²) in [4.78, 5) is 15.7. The molecule has 0 fully saturated rings. The highest BCUT2D eigenvalue weighted by Crippen LogP contribution is 2.23. The van der Waals surface area contributed by atoms with Gasteiger partial charge in [0.05, 0.1) is 5.69 Å². The zero-order valence-corrected chi connectivity index (χ0v) is 15.2. The number of amides is 1. The Morgan fingerprint density at radius 1 is 1.15 bits per heavy atom. The fourth-order valence-corrected chi connectivity index (χ4v) is 2.97. The second-order valence-corrected chi connectivity index (χ2v) is 6.46. The molecule has 0 bridgehead atoms. The van der Waals surface area contributed by atoms with Gasteiger partial charge >= 0.3 is 0 Å². The van der Waals surface area contributed by atoms with Crippen molar-refractivity contribution >= 4 is 22.6 Å². The van der Waals surface area contributed by atoms with Gasteiger partial charge in [0.1, 0.15) is 23.9 Å². The van der Waals surface area contributed by atoms with E-state index in [2.05, 4.69) is 15.4 Å². The summed E-state index contributed by atoms with van der Waals surface area (Å²) in [5.74, 6) is 1.20. The summed E-state index contributed by atoms with van der Waals surface area (Å²) in [5.41, 5.74) is 3.30. The molecule has 0 aliphatic heterocycles. The number of anilines is 1. The van der Waals surface area contributed by atoms with Crippen molar-refractivity contribution in [3.05, 3.63) is 77.6 Å². The average Bonchev–Trinajstić information content (AvgIpc) is 3.23. The van der Waals surface area contributed by atoms with Crippen molar-refractivity contribution in [1.29, 1.82) is 0 Å². The predicted octanol–water partition coefficient (Wildman–Crippen LogP) is 4.04. The van der Waals surface area contributed by atoms with Crippen LogP contribution in [0.1, 0.15) is 21.7 Å². The van der Waals surface area contributed by atoms with E-state index in [0.717, 1.165) is 27.9 Å². The summed E-state index contributed by atoms with van der Waals surface area (Å²) >= 11 is 0. The third-order valence-electron chi connectivity index (χ3n) is 4.33. The van der Waals surface area contributed by atoms with Crippen LogP contribution in [-0.4, -0.2) is 20.7 Å². The molecule has 4 rings (SSSR count). The monoisotopic (exact) mass is 360 g/mol. The number of nitrogens with zero attached hydrogens (tertiary/aromatic N) is 2. The Labute approximate surface area is 156 Å². The van der Waals surface area contributed by atoms with Crippen LogP contribution in [0.2, 0.25) is 0 Å². The Morgan fingerprint density at radius 3 is 2.70 bits per heavy atom. The highest BCUT2D eigenvalue weighted by atomic mass is 16.5. The zero-order chi connectivity index (χ0) is 18.8. The van der Waals surface area contributed by atoms with E-state index >= 15 is 0 Å². The summed E-state index contributed by atoms with van der Waals surface area (Å²) in [6.07, 6.45) is 0. The maximum atomic E-state index is 12.5. The van der Waals surface area contributed by atoms with E-state index in [-0.39, 0.29) is 5.91 Å². The van der Waals surface area contributed by atoms with Crippen molar-refractivity contribution in [3.8, 4) is 5.75 Å². The summed E-state index contributed by atoms with van der Waals surface area (Å²) in [6, 6.07) is 19.4. The molecule has 0 aliphatic carbocycles. The minimum absolute atomic E-state index is 0.207. The number of aryl methyl sites for hydroxylation is 2. The van der Waals surface area contributed by atoms with Crippen molar-refractivity contribution < 1.29 is 9.53 Å². The van der Waals surface area contributed by atoms with Gasteiger partial charge in [-0.3, -0.25) is 9.48 Å². The topological polar surface area (TPSA) is 71.9 Å². The number of hydrogen-bond donors (Lipinski definition) is 2. The van der Waals surface area contributed by atoms with E-state index in [4.69, 9.17) is 4.74 Å².